The molecular formula is C14H15N3O3. The second-order valence-electron chi connectivity index (χ2n) is 5.04. The van der Waals surface area contributed by atoms with Crippen molar-refractivity contribution in [3.63, 3.8) is 0 Å². The summed E-state index contributed by atoms with van der Waals surface area (Å²) in [4.78, 5) is 22.6. The zero-order chi connectivity index (χ0) is 14.1. The molecule has 0 bridgehead atoms. The Morgan fingerprint density at radius 1 is 1.10 bits per heavy atom. The molecule has 1 heterocycles. The molecule has 20 heavy (non-hydrogen) atoms. The number of hydrogen-bond acceptors (Lipinski definition) is 3. The van der Waals surface area contributed by atoms with E-state index < -0.39 is 4.92 Å². The van der Waals surface area contributed by atoms with Crippen molar-refractivity contribution in [1.82, 2.24) is 9.78 Å². The van der Waals surface area contributed by atoms with E-state index in [2.05, 4.69) is 5.10 Å². The molecule has 0 saturated carbocycles. The first kappa shape index (κ1) is 12.7. The van der Waals surface area contributed by atoms with Gasteiger partial charge in [-0.05, 0) is 37.8 Å². The number of aromatic amines is 1. The van der Waals surface area contributed by atoms with Gasteiger partial charge in [0.15, 0.2) is 0 Å². The average Bonchev–Trinajstić information content (AvgIpc) is 2.64. The number of non-ortho nitro benzene ring substituents is 1. The summed E-state index contributed by atoms with van der Waals surface area (Å²) in [6, 6.07) is 6.01. The number of benzene rings is 1. The smallest absolute Gasteiger partial charge is 0.274 e. The number of nitro benzene ring substituents is 1. The number of aryl methyl sites for hydroxylation is 1. The lowest BCUT2D eigenvalue weighted by Gasteiger charge is -2.01. The van der Waals surface area contributed by atoms with Crippen LogP contribution in [0.5, 0.6) is 0 Å². The molecule has 0 fully saturated rings. The van der Waals surface area contributed by atoms with Crippen LogP contribution in [0, 0.1) is 10.1 Å². The summed E-state index contributed by atoms with van der Waals surface area (Å²) in [7, 11) is 0. The molecule has 0 aliphatic heterocycles. The standard InChI is InChI=1S/C14H15N3O3/c18-14-12-4-2-1-3-5-13(12)15-16(14)10-6-8-11(9-7-10)17(19)20/h6-9,15H,1-5H2. The van der Waals surface area contributed by atoms with E-state index in [9.17, 15) is 14.9 Å². The highest BCUT2D eigenvalue weighted by Crippen LogP contribution is 2.18. The Labute approximate surface area is 115 Å². The third-order valence-corrected chi connectivity index (χ3v) is 3.74. The van der Waals surface area contributed by atoms with Crippen LogP contribution in [0.4, 0.5) is 5.69 Å². The van der Waals surface area contributed by atoms with Crippen molar-refractivity contribution < 1.29 is 4.92 Å². The summed E-state index contributed by atoms with van der Waals surface area (Å²) in [5.41, 5.74) is 2.49. The van der Waals surface area contributed by atoms with Gasteiger partial charge in [-0.2, -0.15) is 0 Å². The first-order valence-corrected chi connectivity index (χ1v) is 6.74. The van der Waals surface area contributed by atoms with E-state index in [1.54, 1.807) is 12.1 Å². The van der Waals surface area contributed by atoms with Crippen molar-refractivity contribution in [3.05, 3.63) is 56.0 Å². The van der Waals surface area contributed by atoms with Gasteiger partial charge in [0.1, 0.15) is 0 Å². The highest BCUT2D eigenvalue weighted by molar-refractivity contribution is 5.41. The van der Waals surface area contributed by atoms with Gasteiger partial charge in [0.2, 0.25) is 0 Å². The number of rotatable bonds is 2. The van der Waals surface area contributed by atoms with E-state index in [-0.39, 0.29) is 11.2 Å². The van der Waals surface area contributed by atoms with Crippen molar-refractivity contribution >= 4 is 5.69 Å². The van der Waals surface area contributed by atoms with Gasteiger partial charge in [0.25, 0.3) is 11.2 Å². The number of nitrogens with one attached hydrogen (secondary N) is 1. The van der Waals surface area contributed by atoms with Crippen LogP contribution in [-0.2, 0) is 12.8 Å². The minimum Gasteiger partial charge on any atom is -0.295 e. The minimum atomic E-state index is -0.448. The van der Waals surface area contributed by atoms with Crippen molar-refractivity contribution in [2.75, 3.05) is 0 Å². The zero-order valence-electron chi connectivity index (χ0n) is 11.0. The lowest BCUT2D eigenvalue weighted by Crippen LogP contribution is -2.17. The van der Waals surface area contributed by atoms with E-state index in [0.717, 1.165) is 43.4 Å². The molecule has 0 unspecified atom stereocenters. The SMILES string of the molecule is O=c1c2c([nH]n1-c1ccc([N+](=O)[O-])cc1)CCCCC2. The van der Waals surface area contributed by atoms with Crippen LogP contribution < -0.4 is 5.56 Å². The Morgan fingerprint density at radius 3 is 2.50 bits per heavy atom. The first-order chi connectivity index (χ1) is 9.66. The van der Waals surface area contributed by atoms with E-state index >= 15 is 0 Å². The van der Waals surface area contributed by atoms with Crippen LogP contribution in [0.15, 0.2) is 29.1 Å². The first-order valence-electron chi connectivity index (χ1n) is 6.74. The summed E-state index contributed by atoms with van der Waals surface area (Å²) >= 11 is 0. The fraction of sp³-hybridized carbons (Fsp3) is 0.357. The summed E-state index contributed by atoms with van der Waals surface area (Å²) in [5, 5.41) is 13.8. The summed E-state index contributed by atoms with van der Waals surface area (Å²) in [5.74, 6) is 0. The number of nitro groups is 1. The highest BCUT2D eigenvalue weighted by Gasteiger charge is 2.17. The van der Waals surface area contributed by atoms with Gasteiger partial charge in [-0.3, -0.25) is 20.0 Å². The van der Waals surface area contributed by atoms with Gasteiger partial charge >= 0.3 is 0 Å². The van der Waals surface area contributed by atoms with Crippen LogP contribution in [0.1, 0.15) is 30.5 Å². The summed E-state index contributed by atoms with van der Waals surface area (Å²) in [6.07, 6.45) is 4.99. The van der Waals surface area contributed by atoms with E-state index in [0.29, 0.717) is 5.69 Å². The third-order valence-electron chi connectivity index (χ3n) is 3.74. The second kappa shape index (κ2) is 4.96. The van der Waals surface area contributed by atoms with Gasteiger partial charge in [-0.15, -0.1) is 0 Å². The minimum absolute atomic E-state index is 0.0231. The molecule has 0 radical (unpaired) electrons. The largest absolute Gasteiger partial charge is 0.295 e. The number of H-pyrrole nitrogens is 1. The molecule has 1 aliphatic carbocycles. The molecule has 104 valence electrons. The van der Waals surface area contributed by atoms with Crippen LogP contribution in [0.3, 0.4) is 0 Å². The fourth-order valence-electron chi connectivity index (χ4n) is 2.67. The van der Waals surface area contributed by atoms with Gasteiger partial charge in [-0.25, -0.2) is 4.68 Å². The van der Waals surface area contributed by atoms with Gasteiger partial charge < -0.3 is 0 Å². The van der Waals surface area contributed by atoms with Gasteiger partial charge in [0, 0.05) is 23.4 Å². The van der Waals surface area contributed by atoms with Crippen molar-refractivity contribution in [2.24, 2.45) is 0 Å². The fourth-order valence-corrected chi connectivity index (χ4v) is 2.67. The molecule has 1 N–H and O–H groups in total. The molecule has 1 aromatic carbocycles. The third kappa shape index (κ3) is 2.13. The zero-order valence-corrected chi connectivity index (χ0v) is 11.0. The van der Waals surface area contributed by atoms with Crippen LogP contribution >= 0.6 is 0 Å². The predicted octanol–water partition coefficient (Wildman–Crippen LogP) is 2.34. The Bertz CT molecular complexity index is 697. The predicted molar refractivity (Wildman–Crippen MR) is 74.3 cm³/mol. The average molecular weight is 273 g/mol. The molecule has 1 aliphatic rings. The summed E-state index contributed by atoms with van der Waals surface area (Å²) < 4.78 is 1.49. The van der Waals surface area contributed by atoms with Crippen molar-refractivity contribution in [3.8, 4) is 5.69 Å². The highest BCUT2D eigenvalue weighted by atomic mass is 16.6. The van der Waals surface area contributed by atoms with E-state index in [1.807, 2.05) is 0 Å². The maximum absolute atomic E-state index is 12.4. The van der Waals surface area contributed by atoms with Crippen molar-refractivity contribution in [2.45, 2.75) is 32.1 Å². The second-order valence-corrected chi connectivity index (χ2v) is 5.04. The number of hydrogen-bond donors (Lipinski definition) is 1. The molecule has 0 atom stereocenters. The maximum atomic E-state index is 12.4. The maximum Gasteiger partial charge on any atom is 0.274 e. The molecular weight excluding hydrogens is 258 g/mol. The lowest BCUT2D eigenvalue weighted by molar-refractivity contribution is -0.384. The normalized spacial score (nSPS) is 14.6. The summed E-state index contributed by atoms with van der Waals surface area (Å²) in [6.45, 7) is 0. The molecule has 0 saturated heterocycles. The Hall–Kier alpha value is -2.37. The molecule has 3 rings (SSSR count). The van der Waals surface area contributed by atoms with Crippen LogP contribution in [-0.4, -0.2) is 14.7 Å². The number of aromatic nitrogens is 2. The molecule has 0 spiro atoms. The molecule has 6 heteroatoms. The van der Waals surface area contributed by atoms with E-state index in [1.165, 1.54) is 16.8 Å². The van der Waals surface area contributed by atoms with Gasteiger partial charge in [-0.1, -0.05) is 6.42 Å². The molecule has 1 aromatic heterocycles. The van der Waals surface area contributed by atoms with Gasteiger partial charge in [0.05, 0.1) is 10.6 Å². The monoisotopic (exact) mass is 273 g/mol. The molecule has 0 amide bonds. The van der Waals surface area contributed by atoms with E-state index in [4.69, 9.17) is 0 Å². The Balaban J connectivity index is 2.02. The van der Waals surface area contributed by atoms with Crippen LogP contribution in [0.2, 0.25) is 0 Å². The molecule has 2 aromatic rings. The topological polar surface area (TPSA) is 80.9 Å². The Morgan fingerprint density at radius 2 is 1.80 bits per heavy atom. The number of fused-ring (bicyclic) bond motifs is 1. The van der Waals surface area contributed by atoms with Crippen LogP contribution in [0.25, 0.3) is 5.69 Å². The Kier molecular flexibility index (Phi) is 3.14. The number of nitrogens with zero attached hydrogens (tertiary/aromatic N) is 2. The van der Waals surface area contributed by atoms with Crippen molar-refractivity contribution in [1.29, 1.82) is 0 Å². The quantitative estimate of drug-likeness (QED) is 0.518. The molecule has 6 nitrogen and oxygen atoms in total. The lowest BCUT2D eigenvalue weighted by atomic mass is 10.1.